The Balaban J connectivity index is 1.81. The van der Waals surface area contributed by atoms with Crippen molar-refractivity contribution < 1.29 is 9.18 Å². The van der Waals surface area contributed by atoms with Gasteiger partial charge in [0.15, 0.2) is 5.78 Å². The minimum Gasteiger partial charge on any atom is -0.384 e. The van der Waals surface area contributed by atoms with Crippen LogP contribution in [0.15, 0.2) is 42.5 Å². The molecule has 19 heavy (non-hydrogen) atoms. The molecule has 0 saturated heterocycles. The average molecular weight is 255 g/mol. The van der Waals surface area contributed by atoms with Crippen molar-refractivity contribution in [2.75, 3.05) is 11.9 Å². The maximum Gasteiger partial charge on any atom is 0.167 e. The summed E-state index contributed by atoms with van der Waals surface area (Å²) in [7, 11) is 0. The lowest BCUT2D eigenvalue weighted by Gasteiger charge is -2.05. The first-order valence-electron chi connectivity index (χ1n) is 6.37. The Morgan fingerprint density at radius 1 is 1.21 bits per heavy atom. The zero-order valence-corrected chi connectivity index (χ0v) is 10.4. The molecular formula is C16H14FNO. The number of benzene rings is 2. The molecule has 0 fully saturated rings. The number of carbonyl (C=O) groups is 1. The zero-order valence-electron chi connectivity index (χ0n) is 10.4. The molecule has 0 amide bonds. The second-order valence-electron chi connectivity index (χ2n) is 4.78. The monoisotopic (exact) mass is 255 g/mol. The van der Waals surface area contributed by atoms with E-state index in [9.17, 15) is 9.18 Å². The number of Topliss-reactive ketones (excluding diaryl/α,β-unsaturated/α-hetero) is 1. The third-order valence-electron chi connectivity index (χ3n) is 3.39. The molecular weight excluding hydrogens is 241 g/mol. The van der Waals surface area contributed by atoms with Crippen molar-refractivity contribution in [3.63, 3.8) is 0 Å². The van der Waals surface area contributed by atoms with Crippen LogP contribution in [-0.2, 0) is 12.8 Å². The summed E-state index contributed by atoms with van der Waals surface area (Å²) in [6.45, 7) is 0.927. The second kappa shape index (κ2) is 4.84. The highest BCUT2D eigenvalue weighted by atomic mass is 19.1. The fourth-order valence-electron chi connectivity index (χ4n) is 2.41. The molecule has 0 unspecified atom stereocenters. The van der Waals surface area contributed by atoms with E-state index >= 15 is 0 Å². The van der Waals surface area contributed by atoms with Crippen LogP contribution in [0.4, 0.5) is 10.1 Å². The number of carbonyl (C=O) groups excluding carboxylic acids is 1. The number of hydrogen-bond acceptors (Lipinski definition) is 2. The van der Waals surface area contributed by atoms with Gasteiger partial charge in [0.1, 0.15) is 5.82 Å². The molecule has 96 valence electrons. The van der Waals surface area contributed by atoms with Gasteiger partial charge in [0.25, 0.3) is 0 Å². The molecule has 3 rings (SSSR count). The van der Waals surface area contributed by atoms with Gasteiger partial charge in [0.2, 0.25) is 0 Å². The first-order valence-corrected chi connectivity index (χ1v) is 6.37. The topological polar surface area (TPSA) is 29.1 Å². The average Bonchev–Trinajstić information content (AvgIpc) is 2.85. The minimum absolute atomic E-state index is 0.0281. The fraction of sp³-hybridized carbons (Fsp3) is 0.188. The maximum atomic E-state index is 13.1. The molecule has 1 heterocycles. The first kappa shape index (κ1) is 11.9. The fourth-order valence-corrected chi connectivity index (χ4v) is 2.41. The van der Waals surface area contributed by atoms with Gasteiger partial charge in [-0.05, 0) is 47.9 Å². The van der Waals surface area contributed by atoms with E-state index in [2.05, 4.69) is 5.32 Å². The van der Waals surface area contributed by atoms with Crippen LogP contribution in [0.5, 0.6) is 0 Å². The molecule has 0 aliphatic carbocycles. The number of anilines is 1. The molecule has 3 heteroatoms. The number of fused-ring (bicyclic) bond motifs is 1. The molecule has 1 N–H and O–H groups in total. The number of nitrogens with one attached hydrogen (secondary N) is 1. The van der Waals surface area contributed by atoms with Crippen LogP contribution in [0, 0.1) is 5.82 Å². The summed E-state index contributed by atoms with van der Waals surface area (Å²) in [5, 5.41) is 3.26. The molecule has 0 aromatic heterocycles. The standard InChI is InChI=1S/C16H14FNO/c17-14-3-1-2-11(8-14)9-16(19)13-4-5-15-12(10-13)6-7-18-15/h1-5,8,10,18H,6-7,9H2. The Kier molecular flexibility index (Phi) is 3.03. The largest absolute Gasteiger partial charge is 0.384 e. The molecule has 0 spiro atoms. The van der Waals surface area contributed by atoms with Crippen molar-refractivity contribution >= 4 is 11.5 Å². The molecule has 2 aromatic carbocycles. The summed E-state index contributed by atoms with van der Waals surface area (Å²) >= 11 is 0. The highest BCUT2D eigenvalue weighted by Crippen LogP contribution is 2.23. The Hall–Kier alpha value is -2.16. The smallest absolute Gasteiger partial charge is 0.167 e. The van der Waals surface area contributed by atoms with E-state index in [0.29, 0.717) is 11.1 Å². The van der Waals surface area contributed by atoms with Crippen molar-refractivity contribution in [2.24, 2.45) is 0 Å². The van der Waals surface area contributed by atoms with Crippen molar-refractivity contribution in [1.29, 1.82) is 0 Å². The SMILES string of the molecule is O=C(Cc1cccc(F)c1)c1ccc2c(c1)CCN2. The lowest BCUT2D eigenvalue weighted by atomic mass is 10.0. The Bertz CT molecular complexity index is 636. The maximum absolute atomic E-state index is 13.1. The number of ketones is 1. The number of rotatable bonds is 3. The van der Waals surface area contributed by atoms with Crippen molar-refractivity contribution in [2.45, 2.75) is 12.8 Å². The van der Waals surface area contributed by atoms with Crippen molar-refractivity contribution in [1.82, 2.24) is 0 Å². The Morgan fingerprint density at radius 3 is 2.95 bits per heavy atom. The highest BCUT2D eigenvalue weighted by molar-refractivity contribution is 5.98. The molecule has 0 bridgehead atoms. The van der Waals surface area contributed by atoms with E-state index in [0.717, 1.165) is 18.7 Å². The summed E-state index contributed by atoms with van der Waals surface area (Å²) in [6.07, 6.45) is 1.19. The molecule has 0 atom stereocenters. The van der Waals surface area contributed by atoms with Gasteiger partial charge in [-0.15, -0.1) is 0 Å². The summed E-state index contributed by atoms with van der Waals surface area (Å²) in [5.41, 5.74) is 3.71. The number of hydrogen-bond donors (Lipinski definition) is 1. The van der Waals surface area contributed by atoms with Crippen molar-refractivity contribution in [3.05, 3.63) is 65.0 Å². The summed E-state index contributed by atoms with van der Waals surface area (Å²) in [5.74, 6) is -0.274. The van der Waals surface area contributed by atoms with Crippen LogP contribution in [0.3, 0.4) is 0 Å². The van der Waals surface area contributed by atoms with Crippen LogP contribution in [0.2, 0.25) is 0 Å². The Labute approximate surface area is 111 Å². The predicted molar refractivity (Wildman–Crippen MR) is 73.1 cm³/mol. The summed E-state index contributed by atoms with van der Waals surface area (Å²) in [4.78, 5) is 12.2. The normalized spacial score (nSPS) is 12.9. The number of halogens is 1. The van der Waals surface area contributed by atoms with Gasteiger partial charge in [0.05, 0.1) is 0 Å². The molecule has 0 radical (unpaired) electrons. The van der Waals surface area contributed by atoms with Crippen LogP contribution in [0.25, 0.3) is 0 Å². The van der Waals surface area contributed by atoms with Gasteiger partial charge in [-0.25, -0.2) is 4.39 Å². The third-order valence-corrected chi connectivity index (χ3v) is 3.39. The molecule has 2 nitrogen and oxygen atoms in total. The minimum atomic E-state index is -0.302. The van der Waals surface area contributed by atoms with Gasteiger partial charge >= 0.3 is 0 Å². The zero-order chi connectivity index (χ0) is 13.2. The third kappa shape index (κ3) is 2.50. The van der Waals surface area contributed by atoms with E-state index in [-0.39, 0.29) is 18.0 Å². The summed E-state index contributed by atoms with van der Waals surface area (Å²) in [6, 6.07) is 11.9. The van der Waals surface area contributed by atoms with Crippen LogP contribution >= 0.6 is 0 Å². The molecule has 0 saturated carbocycles. The van der Waals surface area contributed by atoms with Crippen LogP contribution in [0.1, 0.15) is 21.5 Å². The predicted octanol–water partition coefficient (Wildman–Crippen LogP) is 3.22. The lowest BCUT2D eigenvalue weighted by molar-refractivity contribution is 0.0993. The highest BCUT2D eigenvalue weighted by Gasteiger charge is 2.13. The van der Waals surface area contributed by atoms with Crippen molar-refractivity contribution in [3.8, 4) is 0 Å². The van der Waals surface area contributed by atoms with E-state index in [1.54, 1.807) is 12.1 Å². The quantitative estimate of drug-likeness (QED) is 0.853. The first-order chi connectivity index (χ1) is 9.22. The van der Waals surface area contributed by atoms with Gasteiger partial charge in [-0.3, -0.25) is 4.79 Å². The van der Waals surface area contributed by atoms with Gasteiger partial charge in [-0.1, -0.05) is 12.1 Å². The second-order valence-corrected chi connectivity index (χ2v) is 4.78. The summed E-state index contributed by atoms with van der Waals surface area (Å²) < 4.78 is 13.1. The van der Waals surface area contributed by atoms with Gasteiger partial charge in [0, 0.05) is 24.2 Å². The molecule has 1 aliphatic rings. The van der Waals surface area contributed by atoms with Gasteiger partial charge in [-0.2, -0.15) is 0 Å². The van der Waals surface area contributed by atoms with Gasteiger partial charge < -0.3 is 5.32 Å². The lowest BCUT2D eigenvalue weighted by Crippen LogP contribution is -2.04. The van der Waals surface area contributed by atoms with E-state index in [1.807, 2.05) is 18.2 Å². The van der Waals surface area contributed by atoms with Crippen LogP contribution < -0.4 is 5.32 Å². The van der Waals surface area contributed by atoms with Crippen LogP contribution in [-0.4, -0.2) is 12.3 Å². The Morgan fingerprint density at radius 2 is 2.11 bits per heavy atom. The molecule has 1 aliphatic heterocycles. The molecule has 2 aromatic rings. The van der Waals surface area contributed by atoms with E-state index < -0.39 is 0 Å². The van der Waals surface area contributed by atoms with E-state index in [4.69, 9.17) is 0 Å². The van der Waals surface area contributed by atoms with E-state index in [1.165, 1.54) is 17.7 Å².